The quantitative estimate of drug-likeness (QED) is 0.375. The number of sulfonamides is 1. The lowest BCUT2D eigenvalue weighted by atomic mass is 9.95. The molecule has 0 spiro atoms. The van der Waals surface area contributed by atoms with Crippen LogP contribution in [0.15, 0.2) is 42.5 Å². The van der Waals surface area contributed by atoms with E-state index in [1.165, 1.54) is 4.90 Å². The average Bonchev–Trinajstić information content (AvgIpc) is 2.88. The fourth-order valence-electron chi connectivity index (χ4n) is 4.95. The zero-order valence-electron chi connectivity index (χ0n) is 22.3. The Hall–Kier alpha value is -2.29. The van der Waals surface area contributed by atoms with E-state index in [0.717, 1.165) is 48.2 Å². The summed E-state index contributed by atoms with van der Waals surface area (Å²) in [5.41, 5.74) is 1.88. The molecule has 2 amide bonds. The third kappa shape index (κ3) is 7.87. The molecule has 0 radical (unpaired) electrons. The minimum atomic E-state index is -3.80. The van der Waals surface area contributed by atoms with E-state index in [9.17, 15) is 18.0 Å². The first-order valence-electron chi connectivity index (χ1n) is 13.1. The number of hydrogen-bond donors (Lipinski definition) is 1. The Morgan fingerprint density at radius 3 is 2.32 bits per heavy atom. The Morgan fingerprint density at radius 1 is 1.03 bits per heavy atom. The molecule has 1 aliphatic carbocycles. The number of nitrogens with one attached hydrogen (secondary N) is 1. The van der Waals surface area contributed by atoms with Gasteiger partial charge in [-0.2, -0.15) is 0 Å². The fraction of sp³-hybridized carbons (Fsp3) is 0.500. The van der Waals surface area contributed by atoms with Crippen LogP contribution in [0.25, 0.3) is 0 Å². The Labute approximate surface area is 236 Å². The van der Waals surface area contributed by atoms with Gasteiger partial charge in [0.1, 0.15) is 12.6 Å². The van der Waals surface area contributed by atoms with Gasteiger partial charge < -0.3 is 10.2 Å². The van der Waals surface area contributed by atoms with Crippen molar-refractivity contribution in [3.63, 3.8) is 0 Å². The van der Waals surface area contributed by atoms with Crippen LogP contribution in [-0.2, 0) is 32.6 Å². The maximum atomic E-state index is 13.9. The van der Waals surface area contributed by atoms with E-state index in [1.54, 1.807) is 30.3 Å². The van der Waals surface area contributed by atoms with Crippen molar-refractivity contribution in [2.24, 2.45) is 0 Å². The highest BCUT2D eigenvalue weighted by atomic mass is 35.5. The van der Waals surface area contributed by atoms with Crippen molar-refractivity contribution >= 4 is 50.7 Å². The highest BCUT2D eigenvalue weighted by molar-refractivity contribution is 7.92. The third-order valence-corrected chi connectivity index (χ3v) is 8.73. The molecule has 208 valence electrons. The van der Waals surface area contributed by atoms with E-state index in [2.05, 4.69) is 5.32 Å². The zero-order chi connectivity index (χ0) is 27.9. The summed E-state index contributed by atoms with van der Waals surface area (Å²) < 4.78 is 26.9. The summed E-state index contributed by atoms with van der Waals surface area (Å²) in [5, 5.41) is 3.96. The van der Waals surface area contributed by atoms with Gasteiger partial charge >= 0.3 is 0 Å². The van der Waals surface area contributed by atoms with Crippen molar-refractivity contribution in [3.05, 3.63) is 63.6 Å². The van der Waals surface area contributed by atoms with Gasteiger partial charge in [-0.25, -0.2) is 8.42 Å². The number of rotatable bonds is 11. The maximum absolute atomic E-state index is 13.9. The molecule has 3 rings (SSSR count). The number of amides is 2. The Kier molecular flexibility index (Phi) is 10.9. The van der Waals surface area contributed by atoms with Gasteiger partial charge in [-0.05, 0) is 55.0 Å². The number of aryl methyl sites for hydroxylation is 1. The second kappa shape index (κ2) is 13.7. The lowest BCUT2D eigenvalue weighted by Crippen LogP contribution is -2.54. The van der Waals surface area contributed by atoms with Gasteiger partial charge in [0.2, 0.25) is 21.8 Å². The molecule has 38 heavy (non-hydrogen) atoms. The fourth-order valence-corrected chi connectivity index (χ4v) is 6.29. The number of nitrogens with zero attached hydrogens (tertiary/aromatic N) is 2. The first kappa shape index (κ1) is 30.3. The largest absolute Gasteiger partial charge is 0.352 e. The molecular weight excluding hydrogens is 545 g/mol. The summed E-state index contributed by atoms with van der Waals surface area (Å²) in [4.78, 5) is 28.8. The first-order chi connectivity index (χ1) is 18.0. The minimum Gasteiger partial charge on any atom is -0.352 e. The number of para-hydroxylation sites is 1. The van der Waals surface area contributed by atoms with Crippen molar-refractivity contribution < 1.29 is 18.0 Å². The van der Waals surface area contributed by atoms with Gasteiger partial charge in [0.25, 0.3) is 0 Å². The van der Waals surface area contributed by atoms with Crippen LogP contribution in [-0.4, -0.2) is 50.0 Å². The van der Waals surface area contributed by atoms with Crippen LogP contribution in [0.4, 0.5) is 5.69 Å². The van der Waals surface area contributed by atoms with E-state index in [-0.39, 0.29) is 18.5 Å². The molecule has 2 aromatic rings. The molecule has 1 unspecified atom stereocenters. The molecule has 7 nitrogen and oxygen atoms in total. The summed E-state index contributed by atoms with van der Waals surface area (Å²) in [6.07, 6.45) is 7.14. The number of carbonyl (C=O) groups excluding carboxylic acids is 2. The summed E-state index contributed by atoms with van der Waals surface area (Å²) in [6.45, 7) is 3.38. The van der Waals surface area contributed by atoms with E-state index >= 15 is 0 Å². The molecule has 0 aromatic heterocycles. The SMILES string of the molecule is CCc1ccccc1N(CC(=O)N(Cc1ccc(Cl)cc1Cl)C(CC)C(=O)NC1CCCCC1)S(C)(=O)=O. The summed E-state index contributed by atoms with van der Waals surface area (Å²) in [7, 11) is -3.80. The van der Waals surface area contributed by atoms with Crippen LogP contribution in [0.5, 0.6) is 0 Å². The van der Waals surface area contributed by atoms with Crippen LogP contribution >= 0.6 is 23.2 Å². The molecule has 1 N–H and O–H groups in total. The van der Waals surface area contributed by atoms with E-state index in [1.807, 2.05) is 26.0 Å². The summed E-state index contributed by atoms with van der Waals surface area (Å²) in [5.74, 6) is -0.726. The minimum absolute atomic E-state index is 0.0401. The highest BCUT2D eigenvalue weighted by Crippen LogP contribution is 2.27. The van der Waals surface area contributed by atoms with Crippen LogP contribution < -0.4 is 9.62 Å². The van der Waals surface area contributed by atoms with Crippen molar-refractivity contribution in [2.75, 3.05) is 17.1 Å². The van der Waals surface area contributed by atoms with Crippen LogP contribution in [0.2, 0.25) is 10.0 Å². The molecule has 10 heteroatoms. The number of carbonyl (C=O) groups is 2. The van der Waals surface area contributed by atoms with E-state index < -0.39 is 28.5 Å². The monoisotopic (exact) mass is 581 g/mol. The van der Waals surface area contributed by atoms with Crippen LogP contribution in [0.3, 0.4) is 0 Å². The predicted octanol–water partition coefficient (Wildman–Crippen LogP) is 5.58. The highest BCUT2D eigenvalue weighted by Gasteiger charge is 2.33. The van der Waals surface area contributed by atoms with E-state index in [4.69, 9.17) is 23.2 Å². The molecule has 1 saturated carbocycles. The molecule has 1 atom stereocenters. The van der Waals surface area contributed by atoms with Gasteiger partial charge in [-0.15, -0.1) is 0 Å². The van der Waals surface area contributed by atoms with Crippen molar-refractivity contribution in [1.82, 2.24) is 10.2 Å². The molecule has 2 aromatic carbocycles. The number of halogens is 2. The first-order valence-corrected chi connectivity index (χ1v) is 15.7. The van der Waals surface area contributed by atoms with Crippen molar-refractivity contribution in [2.45, 2.75) is 77.4 Å². The van der Waals surface area contributed by atoms with Crippen molar-refractivity contribution in [1.29, 1.82) is 0 Å². The van der Waals surface area contributed by atoms with Gasteiger partial charge in [-0.1, -0.05) is 80.6 Å². The zero-order valence-corrected chi connectivity index (χ0v) is 24.6. The lowest BCUT2D eigenvalue weighted by Gasteiger charge is -2.34. The maximum Gasteiger partial charge on any atom is 0.244 e. The lowest BCUT2D eigenvalue weighted by molar-refractivity contribution is -0.140. The summed E-state index contributed by atoms with van der Waals surface area (Å²) >= 11 is 12.5. The molecular formula is C28H37Cl2N3O4S. The molecule has 0 aliphatic heterocycles. The van der Waals surface area contributed by atoms with Gasteiger partial charge in [0.05, 0.1) is 11.9 Å². The van der Waals surface area contributed by atoms with Gasteiger partial charge in [0.15, 0.2) is 0 Å². The van der Waals surface area contributed by atoms with Crippen LogP contribution in [0.1, 0.15) is 63.5 Å². The average molecular weight is 583 g/mol. The third-order valence-electron chi connectivity index (χ3n) is 7.01. The number of anilines is 1. The Balaban J connectivity index is 1.96. The van der Waals surface area contributed by atoms with Crippen LogP contribution in [0, 0.1) is 0 Å². The molecule has 0 saturated heterocycles. The Bertz CT molecular complexity index is 1230. The van der Waals surface area contributed by atoms with Crippen molar-refractivity contribution in [3.8, 4) is 0 Å². The Morgan fingerprint density at radius 2 is 1.71 bits per heavy atom. The molecule has 0 bridgehead atoms. The second-order valence-corrected chi connectivity index (χ2v) is 12.5. The van der Waals surface area contributed by atoms with Gasteiger partial charge in [0, 0.05) is 22.6 Å². The molecule has 1 fully saturated rings. The molecule has 0 heterocycles. The summed E-state index contributed by atoms with van der Waals surface area (Å²) in [6, 6.07) is 11.4. The van der Waals surface area contributed by atoms with Gasteiger partial charge in [-0.3, -0.25) is 13.9 Å². The van der Waals surface area contributed by atoms with E-state index in [0.29, 0.717) is 34.1 Å². The molecule has 1 aliphatic rings. The smallest absolute Gasteiger partial charge is 0.244 e. The topological polar surface area (TPSA) is 86.8 Å². The normalized spacial score (nSPS) is 15.1. The predicted molar refractivity (Wildman–Crippen MR) is 154 cm³/mol. The second-order valence-electron chi connectivity index (χ2n) is 9.78. The number of benzene rings is 2. The number of hydrogen-bond acceptors (Lipinski definition) is 4. The standard InChI is InChI=1S/C28H37Cl2N3O4S/c1-4-20-11-9-10-14-26(20)33(38(3,36)37)19-27(34)32(18-21-15-16-22(29)17-24(21)30)25(5-2)28(35)31-23-12-7-6-8-13-23/h9-11,14-17,23,25H,4-8,12-13,18-19H2,1-3H3,(H,31,35).